The lowest BCUT2D eigenvalue weighted by atomic mass is 10.2. The van der Waals surface area contributed by atoms with Crippen LogP contribution in [0.15, 0.2) is 28.7 Å². The lowest BCUT2D eigenvalue weighted by Gasteiger charge is -2.06. The number of fused-ring (bicyclic) bond motifs is 1. The first kappa shape index (κ1) is 10.7. The molecular formula is C13H11BrN2O. The molecular weight excluding hydrogens is 280 g/mol. The molecule has 3 nitrogen and oxygen atoms in total. The van der Waals surface area contributed by atoms with Crippen LogP contribution in [0.3, 0.4) is 0 Å². The summed E-state index contributed by atoms with van der Waals surface area (Å²) in [4.78, 5) is 11.3. The minimum Gasteiger partial charge on any atom is -0.296 e. The fourth-order valence-electron chi connectivity index (χ4n) is 2.34. The summed E-state index contributed by atoms with van der Waals surface area (Å²) < 4.78 is 2.70. The number of aryl methyl sites for hydroxylation is 1. The van der Waals surface area contributed by atoms with E-state index in [1.54, 1.807) is 4.68 Å². The van der Waals surface area contributed by atoms with E-state index in [2.05, 4.69) is 21.0 Å². The van der Waals surface area contributed by atoms with E-state index < -0.39 is 0 Å². The molecule has 0 fully saturated rings. The summed E-state index contributed by atoms with van der Waals surface area (Å²) in [6, 6.07) is 7.81. The number of aldehydes is 1. The van der Waals surface area contributed by atoms with E-state index >= 15 is 0 Å². The van der Waals surface area contributed by atoms with Gasteiger partial charge in [-0.25, -0.2) is 4.68 Å². The second kappa shape index (κ2) is 4.11. The SMILES string of the molecule is O=Cc1c2c(nn1-c1ccccc1Br)CCC2. The molecule has 1 aromatic heterocycles. The van der Waals surface area contributed by atoms with Gasteiger partial charge in [0.1, 0.15) is 5.69 Å². The van der Waals surface area contributed by atoms with E-state index in [0.29, 0.717) is 5.69 Å². The molecule has 1 aliphatic carbocycles. The summed E-state index contributed by atoms with van der Waals surface area (Å²) in [6.45, 7) is 0. The standard InChI is InChI=1S/C13H11BrN2O/c14-10-5-1-2-7-12(10)16-13(8-17)9-4-3-6-11(9)15-16/h1-2,5,7-8H,3-4,6H2. The fourth-order valence-corrected chi connectivity index (χ4v) is 2.80. The van der Waals surface area contributed by atoms with Crippen LogP contribution in [0.5, 0.6) is 0 Å². The molecule has 3 rings (SSSR count). The van der Waals surface area contributed by atoms with Crippen LogP contribution >= 0.6 is 15.9 Å². The van der Waals surface area contributed by atoms with Crippen molar-refractivity contribution in [1.82, 2.24) is 9.78 Å². The number of hydrogen-bond acceptors (Lipinski definition) is 2. The molecule has 1 aromatic carbocycles. The first-order chi connectivity index (χ1) is 8.31. The van der Waals surface area contributed by atoms with Gasteiger partial charge in [-0.05, 0) is 47.3 Å². The number of rotatable bonds is 2. The Kier molecular flexibility index (Phi) is 2.59. The van der Waals surface area contributed by atoms with E-state index in [0.717, 1.165) is 47.0 Å². The van der Waals surface area contributed by atoms with Gasteiger partial charge in [-0.15, -0.1) is 0 Å². The molecule has 1 heterocycles. The highest BCUT2D eigenvalue weighted by Crippen LogP contribution is 2.28. The summed E-state index contributed by atoms with van der Waals surface area (Å²) in [5.41, 5.74) is 3.81. The molecule has 0 bridgehead atoms. The largest absolute Gasteiger partial charge is 0.296 e. The number of benzene rings is 1. The number of carbonyl (C=O) groups is 1. The van der Waals surface area contributed by atoms with Crippen LogP contribution in [0.1, 0.15) is 28.2 Å². The third-order valence-electron chi connectivity index (χ3n) is 3.14. The molecule has 0 N–H and O–H groups in total. The average Bonchev–Trinajstić information content (AvgIpc) is 2.89. The maximum atomic E-state index is 11.3. The molecule has 0 unspecified atom stereocenters. The van der Waals surface area contributed by atoms with Crippen LogP contribution < -0.4 is 0 Å². The summed E-state index contributed by atoms with van der Waals surface area (Å²) >= 11 is 3.49. The lowest BCUT2D eigenvalue weighted by molar-refractivity contribution is 0.111. The highest BCUT2D eigenvalue weighted by atomic mass is 79.9. The van der Waals surface area contributed by atoms with Gasteiger partial charge in [0.05, 0.1) is 11.4 Å². The Hall–Kier alpha value is -1.42. The average molecular weight is 291 g/mol. The Bertz CT molecular complexity index is 589. The van der Waals surface area contributed by atoms with Gasteiger partial charge < -0.3 is 0 Å². The normalized spacial score (nSPS) is 13.7. The van der Waals surface area contributed by atoms with Crippen molar-refractivity contribution in [3.8, 4) is 5.69 Å². The van der Waals surface area contributed by atoms with Crippen LogP contribution in [0.4, 0.5) is 0 Å². The molecule has 4 heteroatoms. The number of hydrogen-bond donors (Lipinski definition) is 0. The van der Waals surface area contributed by atoms with E-state index in [1.165, 1.54) is 0 Å². The van der Waals surface area contributed by atoms with Gasteiger partial charge in [-0.3, -0.25) is 4.79 Å². The summed E-state index contributed by atoms with van der Waals surface area (Å²) in [6.07, 6.45) is 3.97. The third-order valence-corrected chi connectivity index (χ3v) is 3.81. The Morgan fingerprint density at radius 3 is 2.88 bits per heavy atom. The predicted molar refractivity (Wildman–Crippen MR) is 68.7 cm³/mol. The number of carbonyl (C=O) groups excluding carboxylic acids is 1. The van der Waals surface area contributed by atoms with Gasteiger partial charge in [0.2, 0.25) is 0 Å². The third kappa shape index (κ3) is 1.63. The van der Waals surface area contributed by atoms with E-state index in [-0.39, 0.29) is 0 Å². The number of nitrogens with zero attached hydrogens (tertiary/aromatic N) is 2. The van der Waals surface area contributed by atoms with Crippen LogP contribution in [0.25, 0.3) is 5.69 Å². The van der Waals surface area contributed by atoms with Gasteiger partial charge >= 0.3 is 0 Å². The topological polar surface area (TPSA) is 34.9 Å². The predicted octanol–water partition coefficient (Wildman–Crippen LogP) is 2.94. The molecule has 0 aliphatic heterocycles. The smallest absolute Gasteiger partial charge is 0.168 e. The van der Waals surface area contributed by atoms with Crippen LogP contribution in [-0.2, 0) is 12.8 Å². The minimum atomic E-state index is 0.699. The van der Waals surface area contributed by atoms with Crippen molar-refractivity contribution in [2.45, 2.75) is 19.3 Å². The van der Waals surface area contributed by atoms with E-state index in [9.17, 15) is 4.79 Å². The quantitative estimate of drug-likeness (QED) is 0.797. The van der Waals surface area contributed by atoms with Crippen molar-refractivity contribution in [2.24, 2.45) is 0 Å². The first-order valence-corrected chi connectivity index (χ1v) is 6.41. The fraction of sp³-hybridized carbons (Fsp3) is 0.231. The second-order valence-electron chi connectivity index (χ2n) is 4.15. The number of aromatic nitrogens is 2. The van der Waals surface area contributed by atoms with Crippen molar-refractivity contribution < 1.29 is 4.79 Å². The molecule has 17 heavy (non-hydrogen) atoms. The Balaban J connectivity index is 2.22. The summed E-state index contributed by atoms with van der Waals surface area (Å²) in [7, 11) is 0. The molecule has 1 aliphatic rings. The van der Waals surface area contributed by atoms with Crippen LogP contribution in [-0.4, -0.2) is 16.1 Å². The van der Waals surface area contributed by atoms with Crippen molar-refractivity contribution >= 4 is 22.2 Å². The molecule has 0 saturated heterocycles. The molecule has 2 aromatic rings. The first-order valence-electron chi connectivity index (χ1n) is 5.62. The van der Waals surface area contributed by atoms with E-state index in [1.807, 2.05) is 24.3 Å². The Labute approximate surface area is 108 Å². The highest BCUT2D eigenvalue weighted by Gasteiger charge is 2.22. The highest BCUT2D eigenvalue weighted by molar-refractivity contribution is 9.10. The van der Waals surface area contributed by atoms with Crippen molar-refractivity contribution in [3.63, 3.8) is 0 Å². The maximum absolute atomic E-state index is 11.3. The summed E-state index contributed by atoms with van der Waals surface area (Å²) in [5.74, 6) is 0. The summed E-state index contributed by atoms with van der Waals surface area (Å²) in [5, 5.41) is 4.55. The lowest BCUT2D eigenvalue weighted by Crippen LogP contribution is -2.04. The monoisotopic (exact) mass is 290 g/mol. The Morgan fingerprint density at radius 2 is 2.12 bits per heavy atom. The second-order valence-corrected chi connectivity index (χ2v) is 5.00. The van der Waals surface area contributed by atoms with Crippen LogP contribution in [0, 0.1) is 0 Å². The molecule has 0 radical (unpaired) electrons. The van der Waals surface area contributed by atoms with Gasteiger partial charge in [-0.1, -0.05) is 12.1 Å². The van der Waals surface area contributed by atoms with Gasteiger partial charge in [0.25, 0.3) is 0 Å². The number of para-hydroxylation sites is 1. The molecule has 0 spiro atoms. The molecule has 0 amide bonds. The van der Waals surface area contributed by atoms with Gasteiger partial charge in [-0.2, -0.15) is 5.10 Å². The number of halogens is 1. The van der Waals surface area contributed by atoms with Gasteiger partial charge in [0.15, 0.2) is 6.29 Å². The maximum Gasteiger partial charge on any atom is 0.168 e. The van der Waals surface area contributed by atoms with E-state index in [4.69, 9.17) is 0 Å². The van der Waals surface area contributed by atoms with Crippen molar-refractivity contribution in [2.75, 3.05) is 0 Å². The molecule has 0 atom stereocenters. The van der Waals surface area contributed by atoms with Crippen molar-refractivity contribution in [1.29, 1.82) is 0 Å². The van der Waals surface area contributed by atoms with Crippen LogP contribution in [0.2, 0.25) is 0 Å². The van der Waals surface area contributed by atoms with Crippen molar-refractivity contribution in [3.05, 3.63) is 45.7 Å². The zero-order chi connectivity index (χ0) is 11.8. The Morgan fingerprint density at radius 1 is 1.29 bits per heavy atom. The molecule has 0 saturated carbocycles. The zero-order valence-electron chi connectivity index (χ0n) is 9.19. The minimum absolute atomic E-state index is 0.699. The zero-order valence-corrected chi connectivity index (χ0v) is 10.8. The van der Waals surface area contributed by atoms with Gasteiger partial charge in [0, 0.05) is 10.0 Å². The molecule has 86 valence electrons.